The summed E-state index contributed by atoms with van der Waals surface area (Å²) >= 11 is 0. The number of hydrogen-bond donors (Lipinski definition) is 0. The second-order valence-electron chi connectivity index (χ2n) is 4.07. The van der Waals surface area contributed by atoms with E-state index in [1.807, 2.05) is 5.80 Å². The topological polar surface area (TPSA) is 76.8 Å². The molecule has 0 N–H and O–H groups in total. The molecule has 0 heterocycles. The van der Waals surface area contributed by atoms with E-state index in [2.05, 4.69) is 53.7 Å². The molecule has 1 aliphatic rings. The largest absolute Gasteiger partial charge is 2.00 e. The van der Waals surface area contributed by atoms with Gasteiger partial charge in [0.15, 0.2) is 0 Å². The number of carbonyl (C=O) groups excluding carboxylic acids is 1. The van der Waals surface area contributed by atoms with Crippen LogP contribution in [0.25, 0.3) is 0 Å². The normalized spacial score (nSPS) is 9.43. The summed E-state index contributed by atoms with van der Waals surface area (Å²) in [6.45, 7) is 26.5. The molecule has 1 radical (unpaired) electrons. The molecular weight excluding hydrogens is 556 g/mol. The fourth-order valence-electron chi connectivity index (χ4n) is 0.884. The molecule has 1 rings (SSSR count). The Morgan fingerprint density at radius 2 is 0.952 bits per heavy atom. The van der Waals surface area contributed by atoms with Crippen LogP contribution in [0.3, 0.4) is 0 Å². The smallest absolute Gasteiger partial charge is 0.545 e. The second-order valence-corrected chi connectivity index (χ2v) is 8.66. The molecule has 0 aromatic rings. The summed E-state index contributed by atoms with van der Waals surface area (Å²) in [5.41, 5.74) is 0. The predicted molar refractivity (Wildman–Crippen MR) is 77.7 cm³/mol. The molecule has 0 saturated heterocycles. The molecule has 125 valence electrons. The Kier molecular flexibility index (Phi) is 102. The van der Waals surface area contributed by atoms with Gasteiger partial charge in [-0.05, 0) is 20.0 Å². The zero-order valence-corrected chi connectivity index (χ0v) is 17.7. The van der Waals surface area contributed by atoms with Gasteiger partial charge in [-0.1, -0.05) is 32.1 Å². The summed E-state index contributed by atoms with van der Waals surface area (Å²) in [5.74, 6) is 2.05. The van der Waals surface area contributed by atoms with Crippen LogP contribution in [-0.2, 0) is 58.0 Å². The van der Waals surface area contributed by atoms with Crippen molar-refractivity contribution in [3.63, 3.8) is 0 Å². The van der Waals surface area contributed by atoms with E-state index in [0.717, 1.165) is 0 Å². The first-order valence-electron chi connectivity index (χ1n) is 5.36. The molecule has 21 heavy (non-hydrogen) atoms. The zero-order chi connectivity index (χ0) is 16.7. The van der Waals surface area contributed by atoms with E-state index in [9.17, 15) is 0 Å². The molecule has 0 aliphatic heterocycles. The Labute approximate surface area is 156 Å². The van der Waals surface area contributed by atoms with Gasteiger partial charge in [0.05, 0.1) is 0 Å². The van der Waals surface area contributed by atoms with Crippen molar-refractivity contribution in [1.29, 1.82) is 0 Å². The Hall–Kier alpha value is 0.450. The van der Waals surface area contributed by atoms with Crippen molar-refractivity contribution in [3.8, 4) is 0 Å². The number of rotatable bonds is 0. The maximum atomic E-state index is 7.75. The van der Waals surface area contributed by atoms with Crippen molar-refractivity contribution in [1.82, 2.24) is 0 Å². The fourth-order valence-corrected chi connectivity index (χ4v) is 0.884. The Morgan fingerprint density at radius 3 is 1.00 bits per heavy atom. The molecule has 0 aromatic carbocycles. The van der Waals surface area contributed by atoms with Gasteiger partial charge in [-0.15, -0.1) is 6.89 Å². The minimum Gasteiger partial charge on any atom is -0.545 e. The van der Waals surface area contributed by atoms with Gasteiger partial charge in [0, 0.05) is 19.5 Å². The Bertz CT molecular complexity index is 225. The minimum absolute atomic E-state index is 0. The van der Waals surface area contributed by atoms with Crippen molar-refractivity contribution < 1.29 is 58.0 Å². The van der Waals surface area contributed by atoms with Crippen molar-refractivity contribution in [2.24, 2.45) is 0 Å². The van der Waals surface area contributed by atoms with Gasteiger partial charge in [0.25, 0.3) is 0 Å². The molecule has 0 amide bonds. The van der Waals surface area contributed by atoms with Crippen LogP contribution in [0.1, 0.15) is 32.1 Å². The van der Waals surface area contributed by atoms with Gasteiger partial charge in [0.2, 0.25) is 0 Å². The van der Waals surface area contributed by atoms with Gasteiger partial charge in [0.1, 0.15) is 0 Å². The summed E-state index contributed by atoms with van der Waals surface area (Å²) in [7, 11) is 0. The molecule has 0 bridgehead atoms. The third kappa shape index (κ3) is 97.5. The fraction of sp³-hybridized carbons (Fsp3) is 0.571. The van der Waals surface area contributed by atoms with Crippen molar-refractivity contribution in [2.75, 3.05) is 20.0 Å². The average molecular weight is 579 g/mol. The van der Waals surface area contributed by atoms with Crippen LogP contribution >= 0.6 is 6.89 Å². The van der Waals surface area contributed by atoms with Crippen LogP contribution in [-0.4, -0.2) is 32.6 Å². The first-order valence-corrected chi connectivity index (χ1v) is 8.56. The van der Waals surface area contributed by atoms with Crippen LogP contribution < -0.4 is 0 Å². The van der Waals surface area contributed by atoms with Crippen LogP contribution in [0, 0.1) is 26.9 Å². The van der Waals surface area contributed by atoms with E-state index in [4.69, 9.17) is 18.8 Å². The monoisotopic (exact) mass is 581 g/mol. The molecule has 0 aromatic heterocycles. The van der Waals surface area contributed by atoms with E-state index < -0.39 is 6.89 Å². The third-order valence-electron chi connectivity index (χ3n) is 1.80. The number of hydrogen-bond acceptors (Lipinski definition) is 1. The minimum atomic E-state index is -0.633. The summed E-state index contributed by atoms with van der Waals surface area (Å²) in [6, 6.07) is 0. The summed E-state index contributed by atoms with van der Waals surface area (Å²) < 4.78 is 22.5. The zero-order valence-electron chi connectivity index (χ0n) is 12.7. The van der Waals surface area contributed by atoms with Gasteiger partial charge in [-0.25, -0.2) is 5.80 Å². The van der Waals surface area contributed by atoms with Crippen LogP contribution in [0.2, 0.25) is 0 Å². The quantitative estimate of drug-likeness (QED) is 0.143. The maximum absolute atomic E-state index is 7.75. The van der Waals surface area contributed by atoms with Crippen molar-refractivity contribution in [3.05, 3.63) is 26.9 Å². The average Bonchev–Trinajstić information content (AvgIpc) is 3.06. The summed E-state index contributed by atoms with van der Waals surface area (Å²) in [4.78, 5) is 7.75. The first-order chi connectivity index (χ1) is 9.06. The van der Waals surface area contributed by atoms with Crippen LogP contribution in [0.4, 0.5) is 0 Å². The molecule has 0 unspecified atom stereocenters. The van der Waals surface area contributed by atoms with Gasteiger partial charge < -0.3 is 11.7 Å². The molecule has 4 nitrogen and oxygen atoms in total. The molecular formula is C14H23O4OsPRh. The second kappa shape index (κ2) is 49.9. The van der Waals surface area contributed by atoms with E-state index in [1.165, 1.54) is 32.1 Å². The predicted octanol–water partition coefficient (Wildman–Crippen LogP) is 3.09. The molecule has 1 saturated carbocycles. The van der Waals surface area contributed by atoms with Crippen molar-refractivity contribution >= 4 is 19.5 Å². The van der Waals surface area contributed by atoms with E-state index in [0.29, 0.717) is 0 Å². The van der Waals surface area contributed by atoms with Crippen molar-refractivity contribution in [2.45, 2.75) is 32.1 Å². The van der Waals surface area contributed by atoms with E-state index in [1.54, 1.807) is 0 Å². The van der Waals surface area contributed by atoms with E-state index in [-0.39, 0.29) is 39.3 Å². The third-order valence-corrected chi connectivity index (χ3v) is 2.89. The van der Waals surface area contributed by atoms with Crippen LogP contribution in [0.5, 0.6) is 0 Å². The van der Waals surface area contributed by atoms with Crippen LogP contribution in [0.15, 0.2) is 0 Å². The SMILES string of the molecule is C1CCCC1.[C-]#[O+].[C-]#[O+].[C-]#[O+].[CH-]=O.[CH2-]C=P(C)(C)C.[Os+2].[Rh]. The summed E-state index contributed by atoms with van der Waals surface area (Å²) in [5, 5.41) is 0. The van der Waals surface area contributed by atoms with Gasteiger partial charge >= 0.3 is 53.7 Å². The molecule has 7 heteroatoms. The molecule has 1 aliphatic carbocycles. The summed E-state index contributed by atoms with van der Waals surface area (Å²) in [6.07, 6.45) is 7.50. The first kappa shape index (κ1) is 43.0. The molecule has 0 spiro atoms. The Morgan fingerprint density at radius 1 is 0.857 bits per heavy atom. The van der Waals surface area contributed by atoms with Gasteiger partial charge in [-0.3, -0.25) is 6.79 Å². The maximum Gasteiger partial charge on any atom is 2.00 e. The molecule has 0 atom stereocenters. The van der Waals surface area contributed by atoms with E-state index >= 15 is 0 Å². The Balaban J connectivity index is -0.0000000240. The standard InChI is InChI=1S/C5H12P.C5H10.CHO.3CO.Os.Rh/c1-5-6(2,3)4;1-2-4-5-3-1;4*1-2;;/h5H,1H2,2-4H3;1-5H2;1H;;;;;/q-1;;-1;;;;+2;. The van der Waals surface area contributed by atoms with Gasteiger partial charge in [-0.2, -0.15) is 0 Å². The molecule has 1 fully saturated rings.